The summed E-state index contributed by atoms with van der Waals surface area (Å²) in [4.78, 5) is 4.73. The number of hydrogen-bond acceptors (Lipinski definition) is 2. The molecule has 5 nitrogen and oxygen atoms in total. The maximum absolute atomic E-state index is 11.6. The summed E-state index contributed by atoms with van der Waals surface area (Å²) in [7, 11) is -14.1. The summed E-state index contributed by atoms with van der Waals surface area (Å²) < 4.78 is 448. The molecule has 17 rings (SSSR count). The van der Waals surface area contributed by atoms with E-state index in [2.05, 4.69) is 6.33 Å². The van der Waals surface area contributed by atoms with Crippen molar-refractivity contribution in [3.05, 3.63) is 392 Å². The molecule has 0 saturated carbocycles. The van der Waals surface area contributed by atoms with Crippen molar-refractivity contribution in [2.24, 2.45) is 0 Å². The molecule has 0 spiro atoms. The van der Waals surface area contributed by atoms with Crippen LogP contribution < -0.4 is 50.8 Å². The van der Waals surface area contributed by atoms with E-state index in [1.54, 1.807) is 59.2 Å². The molecule has 0 atom stereocenters. The average Bonchev–Trinajstić information content (AvgIpc) is 0.710. The minimum Gasteiger partial charge on any atom is -0.458 e. The zero-order chi connectivity index (χ0) is 112. The van der Waals surface area contributed by atoms with Crippen LogP contribution in [-0.2, 0) is 10.8 Å². The van der Waals surface area contributed by atoms with Gasteiger partial charge in [-0.25, -0.2) is 4.98 Å². The molecule has 0 unspecified atom stereocenters. The molecule has 0 aliphatic carbocycles. The number of pyridine rings is 1. The number of rotatable bonds is 16. The average molecular weight is 1460 g/mol. The van der Waals surface area contributed by atoms with E-state index in [1.165, 1.54) is 41.0 Å². The fraction of sp³-hybridized carbons (Fsp3) is 0.100. The predicted octanol–water partition coefficient (Wildman–Crippen LogP) is 19.0. The monoisotopic (exact) mass is 1460 g/mol. The van der Waals surface area contributed by atoms with Gasteiger partial charge in [-0.1, -0.05) is 349 Å². The zero-order valence-corrected chi connectivity index (χ0v) is 59.8. The van der Waals surface area contributed by atoms with Crippen LogP contribution in [-0.4, -0.2) is 30.3 Å². The molecular weight excluding hydrogens is 1330 g/mol. The fourth-order valence-electron chi connectivity index (χ4n) is 13.7. The van der Waals surface area contributed by atoms with Gasteiger partial charge in [-0.3, -0.25) is 13.7 Å². The Hall–Kier alpha value is -12.3. The number of benzene rings is 14. The number of para-hydroxylation sites is 1. The van der Waals surface area contributed by atoms with E-state index in [4.69, 9.17) is 24.8 Å². The maximum atomic E-state index is 11.6. The molecule has 518 valence electrons. The molecule has 0 aliphatic heterocycles. The lowest BCUT2D eigenvalue weighted by molar-refractivity contribution is -0.570. The van der Waals surface area contributed by atoms with Crippen molar-refractivity contribution in [3.63, 3.8) is 0 Å². The number of ether oxygens (including phenoxy) is 1. The lowest BCUT2D eigenvalue weighted by Crippen LogP contribution is -2.76. The molecular formula is C100H84N4OSi2. The van der Waals surface area contributed by atoms with Gasteiger partial charge < -0.3 is 4.74 Å². The SMILES string of the molecule is [2H]c1c([2H])c([2H])c(-c2cnc(-n3c4ccccc4c4ccc(Oc5cccc(-n6[c-][n+](-c7c(-c8c([2H])c([2H])c([2H])c([Si](c9c([2H])c([2H])c([2H])c([2H])c9[2H])(c9c([2H])c([2H])c([2H])c([2H])c9[2H])c9c([2H])c([2H])c([2H])c([2H])c9[2H])c8[2H])cc(C([2H])([2H])[2H])cc7[Si](c7c([2H])c([2H])c([2H])c([2H])c7[2H])(c7c([2H])c([2H])c([2H])c([2H])c7[2H])c7c([2H])c([2H])c([2H])c([2H])c7[2H])c7ccc(-c8cc(C(C)(C)C)cc(C(C)(C)C)c8)cc76)c5)cc43)cc2C([2H])([2H])[2H])c([2H])c1[2H]. The molecule has 17 aromatic rings. The summed E-state index contributed by atoms with van der Waals surface area (Å²) in [6.07, 6.45) is 4.42. The summed E-state index contributed by atoms with van der Waals surface area (Å²) >= 11 is 0. The van der Waals surface area contributed by atoms with Crippen molar-refractivity contribution in [1.82, 2.24) is 14.1 Å². The topological polar surface area (TPSA) is 35.9 Å². The first-order valence-corrected chi connectivity index (χ1v) is 37.5. The third-order valence-corrected chi connectivity index (χ3v) is 26.9. The van der Waals surface area contributed by atoms with Gasteiger partial charge in [0.2, 0.25) is 0 Å². The molecule has 0 radical (unpaired) electrons. The molecule has 7 heteroatoms. The van der Waals surface area contributed by atoms with Gasteiger partial charge in [-0.15, -0.1) is 0 Å². The Bertz CT molecular complexity index is 8330. The van der Waals surface area contributed by atoms with E-state index < -0.39 is 351 Å². The van der Waals surface area contributed by atoms with Crippen LogP contribution in [0.3, 0.4) is 0 Å². The molecule has 107 heavy (non-hydrogen) atoms. The Balaban J connectivity index is 1.11. The van der Waals surface area contributed by atoms with E-state index in [-0.39, 0.29) is 39.6 Å². The van der Waals surface area contributed by atoms with Crippen molar-refractivity contribution in [1.29, 1.82) is 0 Å². The number of aryl methyl sites for hydroxylation is 2. The Kier molecular flexibility index (Phi) is 8.87. The molecule has 0 fully saturated rings. The molecule has 14 aromatic carbocycles. The van der Waals surface area contributed by atoms with Gasteiger partial charge in [0.25, 0.3) is 6.33 Å². The first kappa shape index (κ1) is 34.3. The van der Waals surface area contributed by atoms with Crippen LogP contribution in [0.15, 0.2) is 363 Å². The second kappa shape index (κ2) is 27.7. The molecule has 0 aliphatic rings. The number of nitrogens with zero attached hydrogens (tertiary/aromatic N) is 4. The Morgan fingerprint density at radius 3 is 1.51 bits per heavy atom. The van der Waals surface area contributed by atoms with E-state index in [9.17, 15) is 46.6 Å². The van der Waals surface area contributed by atoms with Crippen LogP contribution in [0.1, 0.15) is 125 Å². The Labute approximate surface area is 693 Å². The number of fused-ring (bicyclic) bond motifs is 4. The first-order chi connectivity index (χ1) is 70.7. The van der Waals surface area contributed by atoms with E-state index in [0.29, 0.717) is 45.1 Å². The fourth-order valence-corrected chi connectivity index (χ4v) is 21.3. The van der Waals surface area contributed by atoms with Gasteiger partial charge in [0.1, 0.15) is 17.3 Å². The van der Waals surface area contributed by atoms with Crippen LogP contribution in [0, 0.1) is 20.0 Å². The van der Waals surface area contributed by atoms with Crippen LogP contribution in [0.2, 0.25) is 0 Å². The second-order valence-corrected chi connectivity index (χ2v) is 34.2. The number of imidazole rings is 1. The third-order valence-electron chi connectivity index (χ3n) is 18.8. The Morgan fingerprint density at radius 1 is 0.411 bits per heavy atom. The standard InChI is InChI=1S/C100H84N4OSi2/c1-70-58-90(74-36-32-51-87(63-74)106(81-39-18-10-19-40-81,82-41-20-11-21-42-82)83-43-22-12-23-44-83)98(96(59-70)107(84-45-24-13-25-46-84,85-47-26-14-27-48-85)86-49-28-15-29-50-86)103-69-102(95-64-73(54-57-93(95)103)75-61-76(99(3,4)5)65-77(62-75)100(6,7)8)78-37-33-38-79(66-78)105-80-55-56-89-88-52-30-31-53-92(88)104(94(89)67-80)97-60-71(2)91(68-101-97)72-34-16-9-17-35-72/h9-68H,1-8H3/i1D3,2D3,9D,10D,11D,12D,13D,14D,15D,16D,17D,18D,19D,20D,21D,22D,23D,24D,25D,26D,27D,28D,29D,32D,34D,35D,36D,39D,40D,41D,42D,43D,44D,45D,46D,47D,48D,49D,50D,51D,63D. The minimum atomic E-state index is -7.11. The number of hydrogen-bond donors (Lipinski definition) is 0. The summed E-state index contributed by atoms with van der Waals surface area (Å²) in [5, 5.41) is -9.44. The lowest BCUT2D eigenvalue weighted by Gasteiger charge is -2.37. The third kappa shape index (κ3) is 12.3. The quantitative estimate of drug-likeness (QED) is 0.0418. The molecule has 0 N–H and O–H groups in total. The highest BCUT2D eigenvalue weighted by atomic mass is 28.3. The van der Waals surface area contributed by atoms with Crippen molar-refractivity contribution >= 4 is 90.5 Å². The van der Waals surface area contributed by atoms with E-state index >= 15 is 0 Å². The summed E-state index contributed by atoms with van der Waals surface area (Å²) in [6, 6.07) is -20.3. The molecule has 3 heterocycles. The minimum absolute atomic E-state index is 0.0360. The van der Waals surface area contributed by atoms with E-state index in [1.807, 2.05) is 59.7 Å². The zero-order valence-electron chi connectivity index (χ0n) is 103. The van der Waals surface area contributed by atoms with Crippen molar-refractivity contribution < 1.29 is 71.0 Å². The largest absolute Gasteiger partial charge is 0.458 e. The van der Waals surface area contributed by atoms with Gasteiger partial charge in [0.15, 0.2) is 16.1 Å². The normalized spacial score (nSPS) is 18.3. The predicted molar refractivity (Wildman–Crippen MR) is 453 cm³/mol. The Morgan fingerprint density at radius 2 is 0.944 bits per heavy atom. The van der Waals surface area contributed by atoms with Crippen molar-refractivity contribution in [3.8, 4) is 62.1 Å². The van der Waals surface area contributed by atoms with Gasteiger partial charge in [0, 0.05) is 36.8 Å². The second-order valence-electron chi connectivity index (χ2n) is 27.2. The van der Waals surface area contributed by atoms with Crippen molar-refractivity contribution in [2.45, 2.75) is 66.1 Å². The van der Waals surface area contributed by atoms with Gasteiger partial charge in [0.05, 0.1) is 86.9 Å². The van der Waals surface area contributed by atoms with Crippen LogP contribution in [0.4, 0.5) is 0 Å². The van der Waals surface area contributed by atoms with Crippen molar-refractivity contribution in [2.75, 3.05) is 0 Å². The highest BCUT2D eigenvalue weighted by Gasteiger charge is 2.45. The molecule has 3 aromatic heterocycles. The van der Waals surface area contributed by atoms with Gasteiger partial charge in [-0.2, -0.15) is 0 Å². The van der Waals surface area contributed by atoms with E-state index in [0.717, 1.165) is 21.9 Å². The summed E-state index contributed by atoms with van der Waals surface area (Å²) in [5.41, 5.74) is -4.38. The van der Waals surface area contributed by atoms with Gasteiger partial charge in [-0.05, 0) is 159 Å². The van der Waals surface area contributed by atoms with Crippen LogP contribution in [0.25, 0.3) is 83.4 Å². The van der Waals surface area contributed by atoms with Crippen LogP contribution in [0.5, 0.6) is 11.5 Å². The van der Waals surface area contributed by atoms with Crippen LogP contribution >= 0.6 is 0 Å². The molecule has 0 saturated heterocycles. The highest BCUT2D eigenvalue weighted by molar-refractivity contribution is 7.21. The lowest BCUT2D eigenvalue weighted by atomic mass is 9.79. The highest BCUT2D eigenvalue weighted by Crippen LogP contribution is 2.40. The maximum Gasteiger partial charge on any atom is 0.269 e. The van der Waals surface area contributed by atoms with Gasteiger partial charge >= 0.3 is 0 Å². The molecule has 0 amide bonds. The smallest absolute Gasteiger partial charge is 0.269 e. The summed E-state index contributed by atoms with van der Waals surface area (Å²) in [6.45, 7) is 4.92. The summed E-state index contributed by atoms with van der Waals surface area (Å²) in [5.74, 6) is -0.0596. The first-order valence-electron chi connectivity index (χ1n) is 56.0. The molecule has 0 bridgehead atoms. The number of aromatic nitrogens is 4.